The molecule has 7 heteroatoms. The Kier molecular flexibility index (Phi) is 8.40. The van der Waals surface area contributed by atoms with Crippen LogP contribution in [0.5, 0.6) is 0 Å². The summed E-state index contributed by atoms with van der Waals surface area (Å²) in [5.41, 5.74) is 1.68. The monoisotopic (exact) mass is 507 g/mol. The number of carbonyl (C=O) groups is 3. The van der Waals surface area contributed by atoms with Gasteiger partial charge in [0.15, 0.2) is 0 Å². The molecule has 1 N–H and O–H groups in total. The van der Waals surface area contributed by atoms with Crippen molar-refractivity contribution in [1.29, 1.82) is 0 Å². The summed E-state index contributed by atoms with van der Waals surface area (Å²) in [7, 11) is 0. The van der Waals surface area contributed by atoms with E-state index in [1.807, 2.05) is 75.4 Å². The number of aryl methyl sites for hydroxylation is 1. The van der Waals surface area contributed by atoms with Crippen LogP contribution in [0, 0.1) is 0 Å². The molecule has 0 unspecified atom stereocenters. The standard InChI is InChI=1S/C26H28AsN2O4/c1-26(2,3)33-25(32)27-21(14-13-18-9-5-4-6-10-18)16-23(30)29-24(31)20-15-19-11-7-8-12-22(19)28-17-20/h4-12,15,17,21H,13-14,16H2,1-3H3,(H,29,30,31)/t21-/m1/s1. The molecule has 0 fully saturated rings. The van der Waals surface area contributed by atoms with Gasteiger partial charge >= 0.3 is 201 Å². The number of hydrogen-bond donors (Lipinski definition) is 1. The molecule has 1 heterocycles. The number of aromatic nitrogens is 1. The van der Waals surface area contributed by atoms with Gasteiger partial charge in [0.05, 0.1) is 0 Å². The van der Waals surface area contributed by atoms with Crippen LogP contribution in [0.1, 0.15) is 49.5 Å². The maximum absolute atomic E-state index is 12.7. The Morgan fingerprint density at radius 3 is 2.45 bits per heavy atom. The van der Waals surface area contributed by atoms with Crippen LogP contribution in [-0.2, 0) is 16.0 Å². The van der Waals surface area contributed by atoms with Crippen molar-refractivity contribution in [2.75, 3.05) is 0 Å². The van der Waals surface area contributed by atoms with E-state index in [2.05, 4.69) is 10.3 Å². The van der Waals surface area contributed by atoms with Gasteiger partial charge < -0.3 is 0 Å². The normalized spacial score (nSPS) is 12.6. The van der Waals surface area contributed by atoms with Gasteiger partial charge in [-0.25, -0.2) is 0 Å². The summed E-state index contributed by atoms with van der Waals surface area (Å²) in [6.07, 6.45) is 2.98. The molecule has 1 atom stereocenters. The molecular formula is C26H28AsN2O4. The first-order valence-electron chi connectivity index (χ1n) is 10.9. The van der Waals surface area contributed by atoms with Gasteiger partial charge in [-0.1, -0.05) is 0 Å². The van der Waals surface area contributed by atoms with Crippen molar-refractivity contribution >= 4 is 43.2 Å². The molecule has 171 valence electrons. The van der Waals surface area contributed by atoms with Crippen LogP contribution in [0.3, 0.4) is 0 Å². The molecule has 0 spiro atoms. The van der Waals surface area contributed by atoms with Gasteiger partial charge in [-0.2, -0.15) is 0 Å². The van der Waals surface area contributed by atoms with Crippen molar-refractivity contribution in [3.63, 3.8) is 0 Å². The van der Waals surface area contributed by atoms with Crippen LogP contribution < -0.4 is 5.32 Å². The molecule has 3 rings (SSSR count). The average Bonchev–Trinajstić information content (AvgIpc) is 2.76. The van der Waals surface area contributed by atoms with Crippen molar-refractivity contribution in [1.82, 2.24) is 10.3 Å². The Labute approximate surface area is 200 Å². The van der Waals surface area contributed by atoms with Gasteiger partial charge in [0.2, 0.25) is 0 Å². The van der Waals surface area contributed by atoms with Crippen molar-refractivity contribution in [3.05, 3.63) is 78.0 Å². The first-order valence-corrected chi connectivity index (χ1v) is 12.9. The third kappa shape index (κ3) is 8.14. The van der Waals surface area contributed by atoms with E-state index in [1.165, 1.54) is 6.20 Å². The van der Waals surface area contributed by atoms with Gasteiger partial charge in [-0.15, -0.1) is 0 Å². The fourth-order valence-corrected chi connectivity index (χ4v) is 5.68. The predicted molar refractivity (Wildman–Crippen MR) is 129 cm³/mol. The Morgan fingerprint density at radius 2 is 1.73 bits per heavy atom. The number of pyridine rings is 1. The minimum atomic E-state index is -0.880. The molecule has 0 saturated heterocycles. The molecule has 0 aliphatic carbocycles. The number of fused-ring (bicyclic) bond motifs is 1. The summed E-state index contributed by atoms with van der Waals surface area (Å²) in [5.74, 6) is -0.890. The van der Waals surface area contributed by atoms with E-state index in [4.69, 9.17) is 4.74 Å². The summed E-state index contributed by atoms with van der Waals surface area (Å²) in [5, 5.41) is 3.28. The second-order valence-corrected chi connectivity index (χ2v) is 11.6. The molecule has 0 aliphatic heterocycles. The quantitative estimate of drug-likeness (QED) is 0.437. The van der Waals surface area contributed by atoms with E-state index in [-0.39, 0.29) is 15.9 Å². The second-order valence-electron chi connectivity index (χ2n) is 8.79. The van der Waals surface area contributed by atoms with Crippen molar-refractivity contribution in [3.8, 4) is 0 Å². The topological polar surface area (TPSA) is 85.4 Å². The number of para-hydroxylation sites is 1. The number of nitrogens with zero attached hydrogens (tertiary/aromatic N) is 1. The molecule has 3 aromatic rings. The van der Waals surface area contributed by atoms with E-state index >= 15 is 0 Å². The first-order chi connectivity index (χ1) is 15.7. The van der Waals surface area contributed by atoms with Crippen molar-refractivity contribution in [2.24, 2.45) is 0 Å². The predicted octanol–water partition coefficient (Wildman–Crippen LogP) is 4.94. The zero-order valence-corrected chi connectivity index (χ0v) is 21.0. The number of ether oxygens (including phenoxy) is 1. The van der Waals surface area contributed by atoms with Gasteiger partial charge in [-0.05, 0) is 0 Å². The number of rotatable bonds is 8. The van der Waals surface area contributed by atoms with Crippen molar-refractivity contribution < 1.29 is 19.1 Å². The third-order valence-corrected chi connectivity index (χ3v) is 7.14. The van der Waals surface area contributed by atoms with Crippen LogP contribution in [-0.4, -0.2) is 42.9 Å². The van der Waals surface area contributed by atoms with Gasteiger partial charge in [-0.3, -0.25) is 0 Å². The van der Waals surface area contributed by atoms with Gasteiger partial charge in [0.1, 0.15) is 0 Å². The van der Waals surface area contributed by atoms with Crippen LogP contribution in [0.25, 0.3) is 10.9 Å². The van der Waals surface area contributed by atoms with Crippen LogP contribution in [0.2, 0.25) is 4.71 Å². The molecule has 0 bridgehead atoms. The van der Waals surface area contributed by atoms with E-state index in [0.29, 0.717) is 12.0 Å². The molecule has 0 aliphatic rings. The second kappa shape index (κ2) is 11.2. The van der Waals surface area contributed by atoms with E-state index in [0.717, 1.165) is 22.9 Å². The zero-order chi connectivity index (χ0) is 23.8. The van der Waals surface area contributed by atoms with Gasteiger partial charge in [0, 0.05) is 0 Å². The van der Waals surface area contributed by atoms with Crippen molar-refractivity contribution in [2.45, 2.75) is 50.3 Å². The van der Waals surface area contributed by atoms with Crippen LogP contribution in [0.4, 0.5) is 4.79 Å². The summed E-state index contributed by atoms with van der Waals surface area (Å²) in [6, 6.07) is 19.1. The van der Waals surface area contributed by atoms with E-state index in [1.54, 1.807) is 6.07 Å². The summed E-state index contributed by atoms with van der Waals surface area (Å²) >= 11 is -0.880. The minimum absolute atomic E-state index is 0.0961. The maximum atomic E-state index is 12.7. The summed E-state index contributed by atoms with van der Waals surface area (Å²) in [4.78, 5) is 42.0. The number of amides is 2. The molecule has 2 aromatic carbocycles. The van der Waals surface area contributed by atoms with Crippen LogP contribution in [0.15, 0.2) is 66.9 Å². The number of hydrogen-bond acceptors (Lipinski definition) is 5. The van der Waals surface area contributed by atoms with E-state index in [9.17, 15) is 14.4 Å². The molecular weight excluding hydrogens is 479 g/mol. The Bertz CT molecular complexity index is 1130. The van der Waals surface area contributed by atoms with Crippen LogP contribution >= 0.6 is 0 Å². The Balaban J connectivity index is 1.64. The SMILES string of the molecule is CC(C)(C)OC(=O)[As][C@H](CCc1ccccc1)CC(=O)NC(=O)c1cnc2ccccc2c1. The first kappa shape index (κ1) is 24.7. The number of carbonyl (C=O) groups excluding carboxylic acids is 3. The summed E-state index contributed by atoms with van der Waals surface area (Å²) in [6.45, 7) is 5.48. The molecule has 2 amide bonds. The third-order valence-electron chi connectivity index (χ3n) is 4.82. The van der Waals surface area contributed by atoms with Gasteiger partial charge in [0.25, 0.3) is 0 Å². The molecule has 1 radical (unpaired) electrons. The fraction of sp³-hybridized carbons (Fsp3) is 0.308. The zero-order valence-electron chi connectivity index (χ0n) is 19.1. The number of benzene rings is 2. The molecule has 33 heavy (non-hydrogen) atoms. The Hall–Kier alpha value is -2.98. The molecule has 6 nitrogen and oxygen atoms in total. The number of imide groups is 1. The fourth-order valence-electron chi connectivity index (χ4n) is 3.29. The van der Waals surface area contributed by atoms with E-state index < -0.39 is 33.2 Å². The average molecular weight is 507 g/mol. The number of nitrogens with one attached hydrogen (secondary N) is 1. The Morgan fingerprint density at radius 1 is 1.03 bits per heavy atom. The molecule has 1 aromatic heterocycles. The summed E-state index contributed by atoms with van der Waals surface area (Å²) < 4.78 is 5.08. The molecule has 0 saturated carbocycles.